The van der Waals surface area contributed by atoms with Gasteiger partial charge in [0.25, 0.3) is 0 Å². The monoisotopic (exact) mass is 640 g/mol. The highest BCUT2D eigenvalue weighted by Gasteiger charge is 2.47. The van der Waals surface area contributed by atoms with Crippen molar-refractivity contribution in [1.29, 1.82) is 0 Å². The lowest BCUT2D eigenvalue weighted by Crippen LogP contribution is -2.50. The summed E-state index contributed by atoms with van der Waals surface area (Å²) >= 11 is 0. The number of aromatic carboxylic acids is 1. The number of aryl methyl sites for hydroxylation is 1. The third kappa shape index (κ3) is 7.50. The van der Waals surface area contributed by atoms with Crippen LogP contribution in [0.25, 0.3) is 10.9 Å². The Balaban J connectivity index is 1.29. The molecule has 0 bridgehead atoms. The average molecular weight is 641 g/mol. The van der Waals surface area contributed by atoms with Gasteiger partial charge in [-0.3, -0.25) is 9.59 Å². The number of aromatic nitrogens is 1. The first kappa shape index (κ1) is 33.7. The fraction of sp³-hybridized carbons (Fsp3) is 0.657. The molecule has 0 radical (unpaired) electrons. The van der Waals surface area contributed by atoms with Crippen LogP contribution in [0.1, 0.15) is 101 Å². The first-order valence-electron chi connectivity index (χ1n) is 16.9. The molecular formula is C35H49FN4O6. The number of anilines is 1. The van der Waals surface area contributed by atoms with E-state index in [1.165, 1.54) is 6.42 Å². The number of hydrogen-bond donors (Lipinski definition) is 4. The number of carbonyl (C=O) groups is 4. The van der Waals surface area contributed by atoms with Crippen molar-refractivity contribution in [2.24, 2.45) is 23.7 Å². The Morgan fingerprint density at radius 1 is 1.04 bits per heavy atom. The second-order valence-electron chi connectivity index (χ2n) is 14.5. The van der Waals surface area contributed by atoms with E-state index in [1.54, 1.807) is 50.8 Å². The van der Waals surface area contributed by atoms with Gasteiger partial charge in [-0.25, -0.2) is 14.0 Å². The first-order chi connectivity index (χ1) is 21.9. The summed E-state index contributed by atoms with van der Waals surface area (Å²) in [4.78, 5) is 56.8. The van der Waals surface area contributed by atoms with Gasteiger partial charge in [-0.15, -0.1) is 0 Å². The number of ether oxygens (including phenoxy) is 1. The van der Waals surface area contributed by atoms with Crippen molar-refractivity contribution < 1.29 is 33.4 Å². The zero-order valence-electron chi connectivity index (χ0n) is 27.5. The number of carbonyl (C=O) groups excluding carboxylic acids is 3. The number of nitrogens with one attached hydrogen (secondary N) is 3. The van der Waals surface area contributed by atoms with Gasteiger partial charge < -0.3 is 30.4 Å². The number of nitrogens with zero attached hydrogens (tertiary/aromatic N) is 1. The van der Waals surface area contributed by atoms with Crippen LogP contribution in [0.15, 0.2) is 18.2 Å². The summed E-state index contributed by atoms with van der Waals surface area (Å²) in [5.74, 6) is -1.16. The number of H-pyrrole nitrogens is 1. The maximum atomic E-state index is 14.1. The molecule has 3 fully saturated rings. The molecule has 5 rings (SSSR count). The maximum absolute atomic E-state index is 14.1. The van der Waals surface area contributed by atoms with Gasteiger partial charge in [0.15, 0.2) is 0 Å². The first-order valence-corrected chi connectivity index (χ1v) is 16.9. The van der Waals surface area contributed by atoms with Crippen LogP contribution in [-0.4, -0.2) is 69.8 Å². The lowest BCUT2D eigenvalue weighted by molar-refractivity contribution is -0.142. The van der Waals surface area contributed by atoms with E-state index in [4.69, 9.17) is 4.74 Å². The van der Waals surface area contributed by atoms with E-state index in [0.717, 1.165) is 37.5 Å². The third-order valence-electron chi connectivity index (χ3n) is 10.3. The Kier molecular flexibility index (Phi) is 10.3. The Bertz CT molecular complexity index is 1440. The number of fused-ring (bicyclic) bond motifs is 1. The highest BCUT2D eigenvalue weighted by Crippen LogP contribution is 2.41. The Labute approximate surface area is 270 Å². The van der Waals surface area contributed by atoms with Crippen molar-refractivity contribution in [2.75, 3.05) is 18.5 Å². The fourth-order valence-corrected chi connectivity index (χ4v) is 8.03. The van der Waals surface area contributed by atoms with Crippen molar-refractivity contribution in [1.82, 2.24) is 15.2 Å². The number of hydrogen-bond acceptors (Lipinski definition) is 5. The molecule has 3 amide bonds. The number of alkyl halides is 1. The number of likely N-dealkylation sites (tertiary alicyclic amines) is 1. The molecule has 3 atom stereocenters. The van der Waals surface area contributed by atoms with Gasteiger partial charge in [-0.05, 0) is 101 Å². The zero-order valence-corrected chi connectivity index (χ0v) is 27.5. The summed E-state index contributed by atoms with van der Waals surface area (Å²) in [7, 11) is 0. The molecule has 2 aliphatic carbocycles. The van der Waals surface area contributed by atoms with Crippen LogP contribution in [0, 0.1) is 30.6 Å². The number of aromatic amines is 1. The highest BCUT2D eigenvalue weighted by molar-refractivity contribution is 6.02. The smallest absolute Gasteiger partial charge is 0.407 e. The topological polar surface area (TPSA) is 141 Å². The van der Waals surface area contributed by atoms with Crippen molar-refractivity contribution in [3.63, 3.8) is 0 Å². The van der Waals surface area contributed by atoms with Crippen molar-refractivity contribution in [2.45, 2.75) is 110 Å². The minimum atomic E-state index is -1.04. The minimum absolute atomic E-state index is 0.0168. The summed E-state index contributed by atoms with van der Waals surface area (Å²) in [5.41, 5.74) is 1.28. The molecule has 2 heterocycles. The van der Waals surface area contributed by atoms with Crippen LogP contribution in [-0.2, 0) is 14.3 Å². The van der Waals surface area contributed by atoms with Crippen LogP contribution in [0.5, 0.6) is 0 Å². The minimum Gasteiger partial charge on any atom is -0.477 e. The van der Waals surface area contributed by atoms with Gasteiger partial charge in [-0.1, -0.05) is 32.1 Å². The second-order valence-corrected chi connectivity index (χ2v) is 14.5. The molecule has 1 aromatic carbocycles. The molecule has 1 saturated heterocycles. The molecule has 1 aliphatic heterocycles. The predicted octanol–water partition coefficient (Wildman–Crippen LogP) is 6.58. The average Bonchev–Trinajstić information content (AvgIpc) is 3.61. The van der Waals surface area contributed by atoms with Crippen molar-refractivity contribution in [3.05, 3.63) is 29.5 Å². The van der Waals surface area contributed by atoms with Crippen LogP contribution >= 0.6 is 0 Å². The molecule has 10 nitrogen and oxygen atoms in total. The molecule has 0 spiro atoms. The van der Waals surface area contributed by atoms with Gasteiger partial charge in [-0.2, -0.15) is 0 Å². The Morgan fingerprint density at radius 3 is 2.37 bits per heavy atom. The van der Waals surface area contributed by atoms with E-state index < -0.39 is 36.4 Å². The summed E-state index contributed by atoms with van der Waals surface area (Å²) in [6.45, 7) is 6.85. The van der Waals surface area contributed by atoms with Crippen LogP contribution in [0.2, 0.25) is 0 Å². The Morgan fingerprint density at radius 2 is 1.74 bits per heavy atom. The largest absolute Gasteiger partial charge is 0.477 e. The van der Waals surface area contributed by atoms with Gasteiger partial charge in [0.2, 0.25) is 11.8 Å². The van der Waals surface area contributed by atoms with E-state index in [0.29, 0.717) is 54.9 Å². The number of amides is 3. The van der Waals surface area contributed by atoms with E-state index in [1.807, 2.05) is 0 Å². The lowest BCUT2D eigenvalue weighted by Gasteiger charge is -2.37. The maximum Gasteiger partial charge on any atom is 0.407 e. The fourth-order valence-electron chi connectivity index (χ4n) is 8.03. The lowest BCUT2D eigenvalue weighted by atomic mass is 9.76. The van der Waals surface area contributed by atoms with E-state index in [2.05, 4.69) is 15.6 Å². The summed E-state index contributed by atoms with van der Waals surface area (Å²) < 4.78 is 19.3. The van der Waals surface area contributed by atoms with Crippen LogP contribution < -0.4 is 10.6 Å². The SMILES string of the molecule is Cc1c(C(=O)O)[nH]c2ccc(NC(=O)[C@@H]3[C@H](C4CCCCC4)CCN3C(=O)[C@H]3CC[C@H](C(CF)NC(=O)OC(C)(C)C)CC3)cc12. The van der Waals surface area contributed by atoms with Crippen LogP contribution in [0.4, 0.5) is 14.9 Å². The number of rotatable bonds is 8. The number of carboxylic acid groups (broad SMARTS) is 1. The third-order valence-corrected chi connectivity index (χ3v) is 10.3. The summed E-state index contributed by atoms with van der Waals surface area (Å²) in [5, 5.41) is 16.0. The molecule has 46 heavy (non-hydrogen) atoms. The molecule has 4 N–H and O–H groups in total. The van der Waals surface area contributed by atoms with Gasteiger partial charge in [0, 0.05) is 29.1 Å². The number of halogens is 1. The quantitative estimate of drug-likeness (QED) is 0.257. The zero-order chi connectivity index (χ0) is 33.2. The van der Waals surface area contributed by atoms with E-state index in [-0.39, 0.29) is 35.3 Å². The van der Waals surface area contributed by atoms with E-state index >= 15 is 0 Å². The second kappa shape index (κ2) is 14.0. The molecule has 1 aromatic heterocycles. The van der Waals surface area contributed by atoms with Crippen molar-refractivity contribution >= 4 is 40.5 Å². The molecule has 3 aliphatic rings. The summed E-state index contributed by atoms with van der Waals surface area (Å²) in [6.07, 6.45) is 8.08. The molecular weight excluding hydrogens is 591 g/mol. The Hall–Kier alpha value is -3.63. The molecule has 11 heteroatoms. The van der Waals surface area contributed by atoms with Gasteiger partial charge >= 0.3 is 12.1 Å². The molecule has 252 valence electrons. The predicted molar refractivity (Wildman–Crippen MR) is 173 cm³/mol. The number of carboxylic acids is 1. The normalized spacial score (nSPS) is 24.8. The standard InChI is InChI=1S/C35H49FN4O6/c1-20-26-18-24(14-15-27(26)38-29(20)33(43)44)37-31(41)30-25(21-8-6-5-7-9-21)16-17-40(30)32(42)23-12-10-22(11-13-23)28(19-36)39-34(45)46-35(2,3)4/h14-15,18,21-23,25,28,30,38H,5-13,16-17,19H2,1-4H3,(H,37,41)(H,39,45)(H,43,44)/t22-,23-,25-,28?,30-/m0/s1. The molecule has 2 saturated carbocycles. The van der Waals surface area contributed by atoms with Gasteiger partial charge in [0.05, 0.1) is 6.04 Å². The highest BCUT2D eigenvalue weighted by atomic mass is 19.1. The molecule has 2 aromatic rings. The molecule has 1 unspecified atom stereocenters. The summed E-state index contributed by atoms with van der Waals surface area (Å²) in [6, 6.07) is 4.06. The van der Waals surface area contributed by atoms with Gasteiger partial charge in [0.1, 0.15) is 24.0 Å². The van der Waals surface area contributed by atoms with Crippen LogP contribution in [0.3, 0.4) is 0 Å². The number of benzene rings is 1. The van der Waals surface area contributed by atoms with Crippen molar-refractivity contribution in [3.8, 4) is 0 Å². The van der Waals surface area contributed by atoms with E-state index in [9.17, 15) is 28.7 Å². The number of alkyl carbamates (subject to hydrolysis) is 1.